The molecule has 0 radical (unpaired) electrons. The largest absolute Gasteiger partial charge is 0.241 e. The highest BCUT2D eigenvalue weighted by molar-refractivity contribution is 7.89. The molecule has 0 spiro atoms. The van der Waals surface area contributed by atoms with Crippen LogP contribution in [0.4, 0.5) is 0 Å². The first-order valence-electron chi connectivity index (χ1n) is 7.56. The molecule has 22 heavy (non-hydrogen) atoms. The van der Waals surface area contributed by atoms with Crippen molar-refractivity contribution in [3.05, 3.63) is 64.2 Å². The molecule has 2 aromatic rings. The molecule has 0 unspecified atom stereocenters. The van der Waals surface area contributed by atoms with Crippen molar-refractivity contribution in [3.8, 4) is 0 Å². The molecule has 1 aliphatic rings. The SMILES string of the molecule is Cc1cc(C)c(S(=O)(=O)N[C@H]2CCc3ccccc32)c(C)c1. The molecule has 0 aromatic heterocycles. The molecule has 0 fully saturated rings. The van der Waals surface area contributed by atoms with Gasteiger partial charge in [-0.3, -0.25) is 0 Å². The van der Waals surface area contributed by atoms with Crippen LogP contribution in [-0.2, 0) is 16.4 Å². The third-order valence-electron chi connectivity index (χ3n) is 4.30. The average Bonchev–Trinajstić information content (AvgIpc) is 2.80. The number of fused-ring (bicyclic) bond motifs is 1. The summed E-state index contributed by atoms with van der Waals surface area (Å²) in [4.78, 5) is 0.419. The van der Waals surface area contributed by atoms with E-state index in [0.717, 1.165) is 35.1 Å². The Kier molecular flexibility index (Phi) is 3.83. The molecule has 116 valence electrons. The van der Waals surface area contributed by atoms with Gasteiger partial charge in [-0.05, 0) is 55.9 Å². The first-order valence-corrected chi connectivity index (χ1v) is 9.05. The molecule has 3 rings (SSSR count). The highest BCUT2D eigenvalue weighted by Gasteiger charge is 2.28. The summed E-state index contributed by atoms with van der Waals surface area (Å²) in [6, 6.07) is 11.8. The highest BCUT2D eigenvalue weighted by Crippen LogP contribution is 2.33. The van der Waals surface area contributed by atoms with Crippen molar-refractivity contribution in [1.29, 1.82) is 0 Å². The summed E-state index contributed by atoms with van der Waals surface area (Å²) in [7, 11) is -3.51. The maximum absolute atomic E-state index is 12.8. The third-order valence-corrected chi connectivity index (χ3v) is 6.08. The summed E-state index contributed by atoms with van der Waals surface area (Å²) >= 11 is 0. The fourth-order valence-electron chi connectivity index (χ4n) is 3.52. The summed E-state index contributed by atoms with van der Waals surface area (Å²) in [5.74, 6) is 0. The molecule has 4 heteroatoms. The van der Waals surface area contributed by atoms with Crippen molar-refractivity contribution in [1.82, 2.24) is 4.72 Å². The van der Waals surface area contributed by atoms with Crippen LogP contribution >= 0.6 is 0 Å². The fourth-order valence-corrected chi connectivity index (χ4v) is 5.22. The number of benzene rings is 2. The van der Waals surface area contributed by atoms with E-state index in [4.69, 9.17) is 0 Å². The number of nitrogens with one attached hydrogen (secondary N) is 1. The molecule has 1 atom stereocenters. The number of sulfonamides is 1. The molecule has 0 amide bonds. The Morgan fingerprint density at radius 2 is 1.68 bits per heavy atom. The Morgan fingerprint density at radius 1 is 1.05 bits per heavy atom. The van der Waals surface area contributed by atoms with Gasteiger partial charge in [0, 0.05) is 6.04 Å². The monoisotopic (exact) mass is 315 g/mol. The van der Waals surface area contributed by atoms with Crippen LogP contribution in [0.15, 0.2) is 41.3 Å². The van der Waals surface area contributed by atoms with Crippen molar-refractivity contribution in [2.45, 2.75) is 44.6 Å². The van der Waals surface area contributed by atoms with Gasteiger partial charge in [-0.2, -0.15) is 0 Å². The van der Waals surface area contributed by atoms with Gasteiger partial charge in [0.05, 0.1) is 4.90 Å². The maximum Gasteiger partial charge on any atom is 0.241 e. The predicted octanol–water partition coefficient (Wildman–Crippen LogP) is 3.58. The van der Waals surface area contributed by atoms with Gasteiger partial charge in [-0.1, -0.05) is 42.0 Å². The lowest BCUT2D eigenvalue weighted by atomic mass is 10.1. The molecule has 0 heterocycles. The zero-order valence-electron chi connectivity index (χ0n) is 13.2. The summed E-state index contributed by atoms with van der Waals surface area (Å²) in [5.41, 5.74) is 5.04. The summed E-state index contributed by atoms with van der Waals surface area (Å²) < 4.78 is 28.6. The van der Waals surface area contributed by atoms with E-state index in [1.54, 1.807) is 0 Å². The Bertz CT molecular complexity index is 802. The lowest BCUT2D eigenvalue weighted by Gasteiger charge is -2.17. The van der Waals surface area contributed by atoms with Gasteiger partial charge in [-0.25, -0.2) is 13.1 Å². The second-order valence-electron chi connectivity index (χ2n) is 6.14. The van der Waals surface area contributed by atoms with E-state index in [1.807, 2.05) is 51.1 Å². The van der Waals surface area contributed by atoms with E-state index in [-0.39, 0.29) is 6.04 Å². The predicted molar refractivity (Wildman–Crippen MR) is 88.5 cm³/mol. The molecule has 0 saturated heterocycles. The van der Waals surface area contributed by atoms with Gasteiger partial charge in [-0.15, -0.1) is 0 Å². The maximum atomic E-state index is 12.8. The van der Waals surface area contributed by atoms with Crippen molar-refractivity contribution < 1.29 is 8.42 Å². The molecule has 0 bridgehead atoms. The normalized spacial score (nSPS) is 17.5. The van der Waals surface area contributed by atoms with Crippen LogP contribution in [0, 0.1) is 20.8 Å². The molecule has 1 N–H and O–H groups in total. The summed E-state index contributed by atoms with van der Waals surface area (Å²) in [6.45, 7) is 5.70. The van der Waals surface area contributed by atoms with E-state index in [0.29, 0.717) is 4.90 Å². The van der Waals surface area contributed by atoms with E-state index in [1.165, 1.54) is 5.56 Å². The molecule has 0 saturated carbocycles. The minimum Gasteiger partial charge on any atom is -0.207 e. The van der Waals surface area contributed by atoms with Gasteiger partial charge in [0.15, 0.2) is 0 Å². The van der Waals surface area contributed by atoms with Gasteiger partial charge in [0.25, 0.3) is 0 Å². The van der Waals surface area contributed by atoms with Gasteiger partial charge in [0.2, 0.25) is 10.0 Å². The second kappa shape index (κ2) is 5.52. The third kappa shape index (κ3) is 2.69. The molecular weight excluding hydrogens is 294 g/mol. The van der Waals surface area contributed by atoms with Crippen LogP contribution in [0.1, 0.15) is 40.3 Å². The lowest BCUT2D eigenvalue weighted by molar-refractivity contribution is 0.553. The van der Waals surface area contributed by atoms with Crippen LogP contribution in [0.3, 0.4) is 0 Å². The van der Waals surface area contributed by atoms with Crippen LogP contribution in [0.5, 0.6) is 0 Å². The van der Waals surface area contributed by atoms with Crippen LogP contribution in [0.25, 0.3) is 0 Å². The van der Waals surface area contributed by atoms with Crippen molar-refractivity contribution in [2.75, 3.05) is 0 Å². The molecule has 1 aliphatic carbocycles. The number of hydrogen-bond donors (Lipinski definition) is 1. The number of rotatable bonds is 3. The number of aryl methyl sites for hydroxylation is 4. The quantitative estimate of drug-likeness (QED) is 0.941. The Balaban J connectivity index is 1.96. The van der Waals surface area contributed by atoms with Crippen LogP contribution in [-0.4, -0.2) is 8.42 Å². The van der Waals surface area contributed by atoms with E-state index < -0.39 is 10.0 Å². The second-order valence-corrected chi connectivity index (χ2v) is 7.79. The standard InChI is InChI=1S/C18H21NO2S/c1-12-10-13(2)18(14(3)11-12)22(20,21)19-17-9-8-15-6-4-5-7-16(15)17/h4-7,10-11,17,19H,8-9H2,1-3H3/t17-/m0/s1. The number of hydrogen-bond acceptors (Lipinski definition) is 2. The summed E-state index contributed by atoms with van der Waals surface area (Å²) in [5, 5.41) is 0. The summed E-state index contributed by atoms with van der Waals surface area (Å²) in [6.07, 6.45) is 1.75. The highest BCUT2D eigenvalue weighted by atomic mass is 32.2. The lowest BCUT2D eigenvalue weighted by Crippen LogP contribution is -2.28. The first-order chi connectivity index (χ1) is 10.4. The minimum absolute atomic E-state index is 0.124. The van der Waals surface area contributed by atoms with Gasteiger partial charge >= 0.3 is 0 Å². The zero-order valence-corrected chi connectivity index (χ0v) is 14.0. The molecule has 0 aliphatic heterocycles. The Morgan fingerprint density at radius 3 is 2.36 bits per heavy atom. The van der Waals surface area contributed by atoms with Crippen LogP contribution < -0.4 is 4.72 Å². The van der Waals surface area contributed by atoms with Gasteiger partial charge in [0.1, 0.15) is 0 Å². The smallest absolute Gasteiger partial charge is 0.207 e. The molecular formula is C18H21NO2S. The zero-order chi connectivity index (χ0) is 15.9. The van der Waals surface area contributed by atoms with Crippen LogP contribution in [0.2, 0.25) is 0 Å². The Labute approximate surface area is 132 Å². The molecule has 3 nitrogen and oxygen atoms in total. The fraction of sp³-hybridized carbons (Fsp3) is 0.333. The van der Waals surface area contributed by atoms with Crippen molar-refractivity contribution in [3.63, 3.8) is 0 Å². The van der Waals surface area contributed by atoms with Crippen molar-refractivity contribution in [2.24, 2.45) is 0 Å². The minimum atomic E-state index is -3.51. The van der Waals surface area contributed by atoms with E-state index in [9.17, 15) is 8.42 Å². The Hall–Kier alpha value is -1.65. The van der Waals surface area contributed by atoms with Gasteiger partial charge < -0.3 is 0 Å². The van der Waals surface area contributed by atoms with E-state index >= 15 is 0 Å². The van der Waals surface area contributed by atoms with E-state index in [2.05, 4.69) is 10.8 Å². The molecule has 2 aromatic carbocycles. The van der Waals surface area contributed by atoms with Crippen molar-refractivity contribution >= 4 is 10.0 Å². The topological polar surface area (TPSA) is 46.2 Å². The average molecular weight is 315 g/mol. The first kappa shape index (κ1) is 15.3.